The fraction of sp³-hybridized carbons (Fsp3) is 0.0769. The van der Waals surface area contributed by atoms with Gasteiger partial charge in [-0.2, -0.15) is 13.5 Å². The monoisotopic (exact) mass is 489 g/mol. The molecule has 1 N–H and O–H groups in total. The average Bonchev–Trinajstić information content (AvgIpc) is 2.87. The molecule has 4 aromatic carbocycles. The quantitative estimate of drug-likeness (QED) is 0.285. The van der Waals surface area contributed by atoms with Crippen molar-refractivity contribution >= 4 is 33.0 Å². The molecule has 178 valence electrons. The summed E-state index contributed by atoms with van der Waals surface area (Å²) in [5.74, 6) is -0.424. The molecule has 0 saturated carbocycles. The van der Waals surface area contributed by atoms with Crippen LogP contribution in [0.1, 0.15) is 21.5 Å². The number of nitrogens with zero attached hydrogens (tertiary/aromatic N) is 1. The first-order valence-corrected chi connectivity index (χ1v) is 12.0. The van der Waals surface area contributed by atoms with E-state index in [1.54, 1.807) is 42.5 Å². The van der Waals surface area contributed by atoms with Crippen LogP contribution in [0.15, 0.2) is 94.9 Å². The van der Waals surface area contributed by atoms with Crippen LogP contribution in [0, 0.1) is 0 Å². The zero-order chi connectivity index (χ0) is 24.8. The zero-order valence-electron chi connectivity index (χ0n) is 18.7. The van der Waals surface area contributed by atoms with Crippen LogP contribution in [0.5, 0.6) is 11.5 Å². The molecule has 4 aromatic rings. The van der Waals surface area contributed by atoms with Gasteiger partial charge in [-0.05, 0) is 63.9 Å². The van der Waals surface area contributed by atoms with Crippen molar-refractivity contribution in [3.63, 3.8) is 0 Å². The summed E-state index contributed by atoms with van der Waals surface area (Å²) >= 11 is 0. The summed E-state index contributed by atoms with van der Waals surface area (Å²) in [7, 11) is -2.37. The molecule has 0 bridgehead atoms. The van der Waals surface area contributed by atoms with Gasteiger partial charge >= 0.3 is 0 Å². The van der Waals surface area contributed by atoms with Gasteiger partial charge in [-0.1, -0.05) is 48.5 Å². The minimum Gasteiger partial charge on any atom is -0.545 e. The number of sulfonamides is 1. The highest BCUT2D eigenvalue weighted by Gasteiger charge is 2.13. The average molecular weight is 490 g/mol. The van der Waals surface area contributed by atoms with Crippen LogP contribution in [0.4, 0.5) is 0 Å². The number of carbonyl (C=O) groups is 1. The highest BCUT2D eigenvalue weighted by Crippen LogP contribution is 2.28. The third-order valence-electron chi connectivity index (χ3n) is 5.16. The van der Waals surface area contributed by atoms with Crippen molar-refractivity contribution < 1.29 is 27.8 Å². The number of hydrogen-bond donors (Lipinski definition) is 1. The minimum absolute atomic E-state index is 0.0655. The lowest BCUT2D eigenvalue weighted by Gasteiger charge is -2.12. The molecule has 0 spiro atoms. The smallest absolute Gasteiger partial charge is 0.276 e. The Labute approximate surface area is 202 Å². The van der Waals surface area contributed by atoms with E-state index in [1.165, 1.54) is 31.5 Å². The predicted octanol–water partition coefficient (Wildman–Crippen LogP) is 3.10. The lowest BCUT2D eigenvalue weighted by molar-refractivity contribution is -0.255. The van der Waals surface area contributed by atoms with Crippen molar-refractivity contribution in [2.75, 3.05) is 7.11 Å². The highest BCUT2D eigenvalue weighted by atomic mass is 32.2. The van der Waals surface area contributed by atoms with Gasteiger partial charge < -0.3 is 19.4 Å². The van der Waals surface area contributed by atoms with Crippen molar-refractivity contribution in [3.05, 3.63) is 102 Å². The predicted molar refractivity (Wildman–Crippen MR) is 130 cm³/mol. The van der Waals surface area contributed by atoms with Gasteiger partial charge in [0.25, 0.3) is 10.0 Å². The summed E-state index contributed by atoms with van der Waals surface area (Å²) in [4.78, 5) is 13.3. The van der Waals surface area contributed by atoms with Crippen LogP contribution in [-0.4, -0.2) is 27.7 Å². The molecule has 4 rings (SSSR count). The molecule has 0 amide bonds. The van der Waals surface area contributed by atoms with E-state index >= 15 is 0 Å². The molecule has 0 aliphatic carbocycles. The normalized spacial score (nSPS) is 11.5. The number of hydrazone groups is 1. The molecule has 0 aliphatic heterocycles. The standard InChI is InChI=1S/C26H22N2O6S/c1-33-25-14-18(9-12-24(25)34-17-19-5-4-8-22(13-19)26(29)30)16-27-28-35(31,32)23-11-10-20-6-2-3-7-21(20)15-23/h2-16,28H,17H2,1H3,(H,29,30)/p-1. The van der Waals surface area contributed by atoms with Gasteiger partial charge in [0.1, 0.15) is 6.61 Å². The Morgan fingerprint density at radius 2 is 1.74 bits per heavy atom. The Morgan fingerprint density at radius 3 is 2.51 bits per heavy atom. The van der Waals surface area contributed by atoms with E-state index in [-0.39, 0.29) is 17.1 Å². The van der Waals surface area contributed by atoms with E-state index in [4.69, 9.17) is 9.47 Å². The molecular weight excluding hydrogens is 468 g/mol. The van der Waals surface area contributed by atoms with Gasteiger partial charge in [0.2, 0.25) is 0 Å². The molecule has 0 radical (unpaired) electrons. The molecule has 0 unspecified atom stereocenters. The van der Waals surface area contributed by atoms with Crippen LogP contribution in [0.2, 0.25) is 0 Å². The third kappa shape index (κ3) is 5.77. The summed E-state index contributed by atoms with van der Waals surface area (Å²) in [6, 6.07) is 23.6. The second-order valence-electron chi connectivity index (χ2n) is 7.55. The van der Waals surface area contributed by atoms with Crippen molar-refractivity contribution in [1.29, 1.82) is 0 Å². The zero-order valence-corrected chi connectivity index (χ0v) is 19.5. The molecule has 0 saturated heterocycles. The van der Waals surface area contributed by atoms with Gasteiger partial charge in [0.05, 0.1) is 24.2 Å². The number of methoxy groups -OCH3 is 1. The molecule has 0 aromatic heterocycles. The van der Waals surface area contributed by atoms with E-state index in [9.17, 15) is 18.3 Å². The first-order chi connectivity index (χ1) is 16.9. The molecule has 0 fully saturated rings. The number of carboxylic acids is 1. The van der Waals surface area contributed by atoms with Crippen LogP contribution in [0.25, 0.3) is 10.8 Å². The number of carbonyl (C=O) groups excluding carboxylic acids is 1. The molecule has 0 heterocycles. The molecule has 35 heavy (non-hydrogen) atoms. The summed E-state index contributed by atoms with van der Waals surface area (Å²) in [6.45, 7) is 0.122. The lowest BCUT2D eigenvalue weighted by atomic mass is 10.1. The number of benzene rings is 4. The Balaban J connectivity index is 1.44. The SMILES string of the molecule is COc1cc(C=NNS(=O)(=O)c2ccc3ccccc3c2)ccc1OCc1cccc(C(=O)[O-])c1. The number of nitrogens with one attached hydrogen (secondary N) is 1. The lowest BCUT2D eigenvalue weighted by Crippen LogP contribution is -2.22. The maximum Gasteiger partial charge on any atom is 0.276 e. The second kappa shape index (κ2) is 10.3. The summed E-state index contributed by atoms with van der Waals surface area (Å²) in [5, 5.41) is 16.6. The van der Waals surface area contributed by atoms with Crippen LogP contribution < -0.4 is 19.4 Å². The van der Waals surface area contributed by atoms with Crippen molar-refractivity contribution in [3.8, 4) is 11.5 Å². The van der Waals surface area contributed by atoms with E-state index in [0.717, 1.165) is 10.8 Å². The van der Waals surface area contributed by atoms with Gasteiger partial charge in [-0.3, -0.25) is 0 Å². The number of ether oxygens (including phenoxy) is 2. The van der Waals surface area contributed by atoms with Crippen molar-refractivity contribution in [2.24, 2.45) is 5.10 Å². The van der Waals surface area contributed by atoms with Gasteiger partial charge in [-0.25, -0.2) is 4.83 Å². The first-order valence-electron chi connectivity index (χ1n) is 10.5. The summed E-state index contributed by atoms with van der Waals surface area (Å²) < 4.78 is 36.4. The third-order valence-corrected chi connectivity index (χ3v) is 6.38. The van der Waals surface area contributed by atoms with Crippen LogP contribution in [-0.2, 0) is 16.6 Å². The van der Waals surface area contributed by atoms with Gasteiger partial charge in [0.15, 0.2) is 11.5 Å². The molecule has 0 atom stereocenters. The fourth-order valence-electron chi connectivity index (χ4n) is 3.39. The first kappa shape index (κ1) is 23.8. The largest absolute Gasteiger partial charge is 0.545 e. The Morgan fingerprint density at radius 1 is 0.943 bits per heavy atom. The number of aromatic carboxylic acids is 1. The number of fused-ring (bicyclic) bond motifs is 1. The second-order valence-corrected chi connectivity index (χ2v) is 9.21. The fourth-order valence-corrected chi connectivity index (χ4v) is 4.22. The van der Waals surface area contributed by atoms with Crippen LogP contribution in [0.3, 0.4) is 0 Å². The Hall–Kier alpha value is -4.37. The maximum absolute atomic E-state index is 12.6. The van der Waals surface area contributed by atoms with Gasteiger partial charge in [0, 0.05) is 0 Å². The summed E-state index contributed by atoms with van der Waals surface area (Å²) in [5.41, 5.74) is 1.30. The Bertz CT molecular complexity index is 1520. The molecule has 8 nitrogen and oxygen atoms in total. The number of rotatable bonds is 9. The van der Waals surface area contributed by atoms with E-state index in [1.807, 2.05) is 24.3 Å². The molecular formula is C26H21N2O6S-. The number of hydrogen-bond acceptors (Lipinski definition) is 7. The maximum atomic E-state index is 12.6. The summed E-state index contributed by atoms with van der Waals surface area (Å²) in [6.07, 6.45) is 1.36. The van der Waals surface area contributed by atoms with E-state index in [0.29, 0.717) is 22.6 Å². The molecule has 0 aliphatic rings. The van der Waals surface area contributed by atoms with Crippen LogP contribution >= 0.6 is 0 Å². The molecule has 9 heteroatoms. The topological polar surface area (TPSA) is 117 Å². The Kier molecular flexibility index (Phi) is 6.98. The highest BCUT2D eigenvalue weighted by molar-refractivity contribution is 7.89. The minimum atomic E-state index is -3.84. The van der Waals surface area contributed by atoms with E-state index < -0.39 is 16.0 Å². The van der Waals surface area contributed by atoms with Crippen molar-refractivity contribution in [2.45, 2.75) is 11.5 Å². The van der Waals surface area contributed by atoms with E-state index in [2.05, 4.69) is 9.93 Å². The van der Waals surface area contributed by atoms with Gasteiger partial charge in [-0.15, -0.1) is 0 Å². The number of carboxylic acid groups (broad SMARTS) is 1. The van der Waals surface area contributed by atoms with Crippen molar-refractivity contribution in [1.82, 2.24) is 4.83 Å².